The van der Waals surface area contributed by atoms with E-state index in [1.807, 2.05) is 0 Å². The number of rotatable bonds is 8. The number of ether oxygens (including phenoxy) is 2. The summed E-state index contributed by atoms with van der Waals surface area (Å²) in [5, 5.41) is 3.66. The molecule has 0 aromatic heterocycles. The molecule has 1 rings (SSSR count). The molecule has 1 aliphatic heterocycles. The zero-order valence-electron chi connectivity index (χ0n) is 13.7. The Kier molecular flexibility index (Phi) is 6.28. The molecule has 2 atom stereocenters. The SMILES string of the molecule is CCNC(CCCOCC)C1CC(C)(C)OC1(C)C. The summed E-state index contributed by atoms with van der Waals surface area (Å²) in [4.78, 5) is 0. The van der Waals surface area contributed by atoms with Crippen LogP contribution in [0.25, 0.3) is 0 Å². The number of hydrogen-bond acceptors (Lipinski definition) is 3. The van der Waals surface area contributed by atoms with Crippen molar-refractivity contribution < 1.29 is 9.47 Å². The quantitative estimate of drug-likeness (QED) is 0.687. The van der Waals surface area contributed by atoms with Crippen LogP contribution < -0.4 is 5.32 Å². The van der Waals surface area contributed by atoms with Gasteiger partial charge in [0.2, 0.25) is 0 Å². The van der Waals surface area contributed by atoms with Gasteiger partial charge in [-0.2, -0.15) is 0 Å². The average Bonchev–Trinajstić information content (AvgIpc) is 2.51. The van der Waals surface area contributed by atoms with E-state index in [9.17, 15) is 0 Å². The van der Waals surface area contributed by atoms with Crippen molar-refractivity contribution in [3.8, 4) is 0 Å². The summed E-state index contributed by atoms with van der Waals surface area (Å²) in [5.41, 5.74) is -0.0380. The van der Waals surface area contributed by atoms with Gasteiger partial charge in [0.05, 0.1) is 11.2 Å². The molecule has 0 saturated carbocycles. The molecule has 1 fully saturated rings. The van der Waals surface area contributed by atoms with Crippen molar-refractivity contribution in [2.45, 2.75) is 78.0 Å². The maximum Gasteiger partial charge on any atom is 0.0677 e. The monoisotopic (exact) mass is 271 g/mol. The minimum Gasteiger partial charge on any atom is -0.382 e. The second-order valence-corrected chi connectivity index (χ2v) is 6.78. The van der Waals surface area contributed by atoms with Crippen LogP contribution in [0, 0.1) is 5.92 Å². The first kappa shape index (κ1) is 16.9. The normalized spacial score (nSPS) is 26.5. The van der Waals surface area contributed by atoms with Crippen LogP contribution in [-0.4, -0.2) is 37.0 Å². The van der Waals surface area contributed by atoms with Crippen LogP contribution in [0.2, 0.25) is 0 Å². The molecule has 3 heteroatoms. The molecule has 1 saturated heterocycles. The third-order valence-electron chi connectivity index (χ3n) is 4.10. The van der Waals surface area contributed by atoms with Gasteiger partial charge in [0.1, 0.15) is 0 Å². The van der Waals surface area contributed by atoms with Gasteiger partial charge in [-0.3, -0.25) is 0 Å². The first-order chi connectivity index (χ1) is 8.82. The Hall–Kier alpha value is -0.120. The Labute approximate surface area is 119 Å². The molecular weight excluding hydrogens is 238 g/mol. The van der Waals surface area contributed by atoms with Gasteiger partial charge in [0.15, 0.2) is 0 Å². The van der Waals surface area contributed by atoms with Gasteiger partial charge in [0, 0.05) is 25.2 Å². The summed E-state index contributed by atoms with van der Waals surface area (Å²) in [7, 11) is 0. The van der Waals surface area contributed by atoms with Crippen LogP contribution in [0.3, 0.4) is 0 Å². The van der Waals surface area contributed by atoms with Crippen molar-refractivity contribution in [2.75, 3.05) is 19.8 Å². The fourth-order valence-corrected chi connectivity index (χ4v) is 3.49. The molecule has 1 heterocycles. The molecular formula is C16H33NO2. The highest BCUT2D eigenvalue weighted by Crippen LogP contribution is 2.44. The van der Waals surface area contributed by atoms with Crippen molar-refractivity contribution >= 4 is 0 Å². The average molecular weight is 271 g/mol. The van der Waals surface area contributed by atoms with Crippen molar-refractivity contribution in [2.24, 2.45) is 5.92 Å². The predicted molar refractivity (Wildman–Crippen MR) is 80.5 cm³/mol. The molecule has 0 bridgehead atoms. The third kappa shape index (κ3) is 5.05. The van der Waals surface area contributed by atoms with E-state index < -0.39 is 0 Å². The smallest absolute Gasteiger partial charge is 0.0677 e. The lowest BCUT2D eigenvalue weighted by atomic mass is 9.80. The first-order valence-electron chi connectivity index (χ1n) is 7.83. The van der Waals surface area contributed by atoms with Crippen molar-refractivity contribution in [1.29, 1.82) is 0 Å². The summed E-state index contributed by atoms with van der Waals surface area (Å²) in [6.07, 6.45) is 3.42. The maximum absolute atomic E-state index is 6.23. The summed E-state index contributed by atoms with van der Waals surface area (Å²) in [5.74, 6) is 0.573. The molecule has 0 amide bonds. The number of hydrogen-bond donors (Lipinski definition) is 1. The van der Waals surface area contributed by atoms with E-state index in [0.717, 1.165) is 32.6 Å². The van der Waals surface area contributed by atoms with Gasteiger partial charge in [-0.15, -0.1) is 0 Å². The molecule has 1 aliphatic rings. The van der Waals surface area contributed by atoms with E-state index in [1.165, 1.54) is 6.42 Å². The Bertz CT molecular complexity index is 263. The van der Waals surface area contributed by atoms with E-state index >= 15 is 0 Å². The van der Waals surface area contributed by atoms with Gasteiger partial charge in [-0.25, -0.2) is 0 Å². The molecule has 0 radical (unpaired) electrons. The molecule has 0 aromatic rings. The molecule has 0 aliphatic carbocycles. The Balaban J connectivity index is 2.59. The highest BCUT2D eigenvalue weighted by atomic mass is 16.5. The summed E-state index contributed by atoms with van der Waals surface area (Å²) in [6, 6.07) is 0.530. The largest absolute Gasteiger partial charge is 0.382 e. The third-order valence-corrected chi connectivity index (χ3v) is 4.10. The van der Waals surface area contributed by atoms with E-state index in [-0.39, 0.29) is 11.2 Å². The lowest BCUT2D eigenvalue weighted by Gasteiger charge is -2.33. The molecule has 2 unspecified atom stereocenters. The molecule has 1 N–H and O–H groups in total. The lowest BCUT2D eigenvalue weighted by molar-refractivity contribution is -0.0780. The van der Waals surface area contributed by atoms with Gasteiger partial charge in [-0.1, -0.05) is 6.92 Å². The van der Waals surface area contributed by atoms with Gasteiger partial charge < -0.3 is 14.8 Å². The van der Waals surface area contributed by atoms with Crippen LogP contribution in [0.1, 0.15) is 60.8 Å². The molecule has 3 nitrogen and oxygen atoms in total. The lowest BCUT2D eigenvalue weighted by Crippen LogP contribution is -2.44. The van der Waals surface area contributed by atoms with E-state index in [1.54, 1.807) is 0 Å². The van der Waals surface area contributed by atoms with Gasteiger partial charge in [-0.05, 0) is 60.4 Å². The fourth-order valence-electron chi connectivity index (χ4n) is 3.49. The minimum atomic E-state index is -0.0397. The molecule has 0 aromatic carbocycles. The minimum absolute atomic E-state index is 0.00174. The van der Waals surface area contributed by atoms with Crippen LogP contribution >= 0.6 is 0 Å². The van der Waals surface area contributed by atoms with Crippen LogP contribution in [0.4, 0.5) is 0 Å². The Morgan fingerprint density at radius 1 is 1.26 bits per heavy atom. The fraction of sp³-hybridized carbons (Fsp3) is 1.00. The zero-order chi connectivity index (χ0) is 14.5. The van der Waals surface area contributed by atoms with Crippen LogP contribution in [0.15, 0.2) is 0 Å². The second kappa shape index (κ2) is 7.05. The molecule has 19 heavy (non-hydrogen) atoms. The maximum atomic E-state index is 6.23. The van der Waals surface area contributed by atoms with E-state index in [4.69, 9.17) is 9.47 Å². The molecule has 114 valence electrons. The summed E-state index contributed by atoms with van der Waals surface area (Å²) < 4.78 is 11.7. The summed E-state index contributed by atoms with van der Waals surface area (Å²) >= 11 is 0. The van der Waals surface area contributed by atoms with Crippen LogP contribution in [0.5, 0.6) is 0 Å². The summed E-state index contributed by atoms with van der Waals surface area (Å²) in [6.45, 7) is 15.8. The zero-order valence-corrected chi connectivity index (χ0v) is 13.7. The predicted octanol–water partition coefficient (Wildman–Crippen LogP) is 3.37. The first-order valence-corrected chi connectivity index (χ1v) is 7.83. The van der Waals surface area contributed by atoms with Gasteiger partial charge >= 0.3 is 0 Å². The van der Waals surface area contributed by atoms with E-state index in [2.05, 4.69) is 46.9 Å². The van der Waals surface area contributed by atoms with Crippen LogP contribution in [-0.2, 0) is 9.47 Å². The highest BCUT2D eigenvalue weighted by molar-refractivity contribution is 4.99. The van der Waals surface area contributed by atoms with Gasteiger partial charge in [0.25, 0.3) is 0 Å². The Morgan fingerprint density at radius 3 is 2.42 bits per heavy atom. The number of nitrogens with one attached hydrogen (secondary N) is 1. The topological polar surface area (TPSA) is 30.5 Å². The van der Waals surface area contributed by atoms with Crippen molar-refractivity contribution in [3.63, 3.8) is 0 Å². The van der Waals surface area contributed by atoms with Crippen molar-refractivity contribution in [3.05, 3.63) is 0 Å². The molecule has 0 spiro atoms. The standard InChI is InChI=1S/C16H33NO2/c1-7-17-14(10-9-11-18-8-2)13-12-15(3,4)19-16(13,5)6/h13-14,17H,7-12H2,1-6H3. The van der Waals surface area contributed by atoms with Crippen molar-refractivity contribution in [1.82, 2.24) is 5.32 Å². The second-order valence-electron chi connectivity index (χ2n) is 6.78. The highest BCUT2D eigenvalue weighted by Gasteiger charge is 2.48. The Morgan fingerprint density at radius 2 is 1.95 bits per heavy atom. The van der Waals surface area contributed by atoms with E-state index in [0.29, 0.717) is 12.0 Å².